The van der Waals surface area contributed by atoms with Gasteiger partial charge in [0.05, 0.1) is 7.11 Å². The number of methoxy groups -OCH3 is 1. The normalized spacial score (nSPS) is 15.5. The van der Waals surface area contributed by atoms with Crippen molar-refractivity contribution in [1.82, 2.24) is 9.62 Å². The number of likely N-dealkylation sites (N-methyl/N-ethyl adjacent to an activating group) is 1. The summed E-state index contributed by atoms with van der Waals surface area (Å²) < 4.78 is 33.1. The van der Waals surface area contributed by atoms with Crippen molar-refractivity contribution in [2.45, 2.75) is 24.7 Å². The highest BCUT2D eigenvalue weighted by atomic mass is 32.2. The van der Waals surface area contributed by atoms with E-state index < -0.39 is 10.0 Å². The van der Waals surface area contributed by atoms with Crippen LogP contribution in [0, 0.1) is 6.92 Å². The molecule has 1 aliphatic heterocycles. The van der Waals surface area contributed by atoms with Gasteiger partial charge in [0.2, 0.25) is 10.0 Å². The van der Waals surface area contributed by atoms with Gasteiger partial charge < -0.3 is 14.5 Å². The summed E-state index contributed by atoms with van der Waals surface area (Å²) in [5.41, 5.74) is 3.36. The lowest BCUT2D eigenvalue weighted by molar-refractivity contribution is 0.313. The second-order valence-corrected chi connectivity index (χ2v) is 9.35. The van der Waals surface area contributed by atoms with Crippen LogP contribution >= 0.6 is 0 Å². The molecule has 0 bridgehead atoms. The van der Waals surface area contributed by atoms with Crippen LogP contribution in [-0.4, -0.2) is 60.2 Å². The number of nitrogens with one attached hydrogen (secondary N) is 1. The maximum absolute atomic E-state index is 12.6. The molecule has 0 aliphatic carbocycles. The molecule has 2 aromatic carbocycles. The molecule has 7 heteroatoms. The molecule has 1 aliphatic rings. The molecular formula is C22H31N3O3S. The summed E-state index contributed by atoms with van der Waals surface area (Å²) in [6.45, 7) is 6.55. The molecule has 3 rings (SSSR count). The number of sulfonamides is 1. The molecule has 0 spiro atoms. The van der Waals surface area contributed by atoms with Gasteiger partial charge >= 0.3 is 0 Å². The highest BCUT2D eigenvalue weighted by Crippen LogP contribution is 2.24. The largest absolute Gasteiger partial charge is 0.495 e. The predicted molar refractivity (Wildman–Crippen MR) is 117 cm³/mol. The maximum atomic E-state index is 12.6. The van der Waals surface area contributed by atoms with E-state index in [4.69, 9.17) is 4.74 Å². The molecule has 6 nitrogen and oxygen atoms in total. The van der Waals surface area contributed by atoms with E-state index in [9.17, 15) is 8.42 Å². The molecule has 158 valence electrons. The fourth-order valence-corrected chi connectivity index (χ4v) is 4.83. The zero-order chi connectivity index (χ0) is 20.9. The van der Waals surface area contributed by atoms with E-state index in [1.165, 1.54) is 18.4 Å². The van der Waals surface area contributed by atoms with Gasteiger partial charge in [0.15, 0.2) is 0 Å². The second-order valence-electron chi connectivity index (χ2n) is 7.61. The van der Waals surface area contributed by atoms with Crippen molar-refractivity contribution in [2.24, 2.45) is 0 Å². The van der Waals surface area contributed by atoms with Crippen molar-refractivity contribution < 1.29 is 13.2 Å². The predicted octanol–water partition coefficient (Wildman–Crippen LogP) is 2.67. The van der Waals surface area contributed by atoms with Crippen molar-refractivity contribution in [3.8, 4) is 5.75 Å². The molecule has 0 saturated carbocycles. The fraction of sp³-hybridized carbons (Fsp3) is 0.455. The lowest BCUT2D eigenvalue weighted by atomic mass is 10.1. The van der Waals surface area contributed by atoms with E-state index in [1.807, 2.05) is 13.0 Å². The Morgan fingerprint density at radius 2 is 1.72 bits per heavy atom. The van der Waals surface area contributed by atoms with Gasteiger partial charge in [0, 0.05) is 38.4 Å². The average molecular weight is 418 g/mol. The molecule has 1 heterocycles. The van der Waals surface area contributed by atoms with Crippen molar-refractivity contribution in [3.63, 3.8) is 0 Å². The first kappa shape index (κ1) is 21.6. The third-order valence-corrected chi connectivity index (χ3v) is 6.83. The summed E-state index contributed by atoms with van der Waals surface area (Å²) in [6.07, 6.45) is 1.57. The second kappa shape index (κ2) is 9.61. The highest BCUT2D eigenvalue weighted by Gasteiger charge is 2.19. The third-order valence-electron chi connectivity index (χ3n) is 5.35. The molecule has 29 heavy (non-hydrogen) atoms. The number of aryl methyl sites for hydroxylation is 2. The quantitative estimate of drug-likeness (QED) is 0.669. The molecule has 2 aromatic rings. The first-order valence-electron chi connectivity index (χ1n) is 10.1. The van der Waals surface area contributed by atoms with Gasteiger partial charge in [-0.05, 0) is 62.2 Å². The summed E-state index contributed by atoms with van der Waals surface area (Å²) in [5, 5.41) is 0. The molecule has 1 fully saturated rings. The molecule has 0 atom stereocenters. The van der Waals surface area contributed by atoms with E-state index in [-0.39, 0.29) is 4.90 Å². The van der Waals surface area contributed by atoms with E-state index in [0.29, 0.717) is 12.3 Å². The van der Waals surface area contributed by atoms with Crippen LogP contribution in [0.25, 0.3) is 0 Å². The third kappa shape index (κ3) is 5.72. The molecular weight excluding hydrogens is 386 g/mol. The van der Waals surface area contributed by atoms with E-state index >= 15 is 0 Å². The lowest BCUT2D eigenvalue weighted by Crippen LogP contribution is -2.44. The van der Waals surface area contributed by atoms with Crippen LogP contribution in [0.4, 0.5) is 5.69 Å². The summed E-state index contributed by atoms with van der Waals surface area (Å²) in [7, 11) is 0.0467. The van der Waals surface area contributed by atoms with Gasteiger partial charge in [0.1, 0.15) is 10.6 Å². The minimum absolute atomic E-state index is 0.191. The summed E-state index contributed by atoms with van der Waals surface area (Å²) in [4.78, 5) is 4.95. The lowest BCUT2D eigenvalue weighted by Gasteiger charge is -2.34. The SMILES string of the molecule is COc1ccc(C)cc1S(=O)(=O)NCCCc1ccc(N2CCN(C)CC2)cc1. The molecule has 0 unspecified atom stereocenters. The van der Waals surface area contributed by atoms with Gasteiger partial charge in [-0.25, -0.2) is 13.1 Å². The number of nitrogens with zero attached hydrogens (tertiary/aromatic N) is 2. The van der Waals surface area contributed by atoms with Crippen LogP contribution in [0.1, 0.15) is 17.5 Å². The van der Waals surface area contributed by atoms with Crippen LogP contribution in [0.3, 0.4) is 0 Å². The number of rotatable bonds is 8. The first-order chi connectivity index (χ1) is 13.9. The fourth-order valence-electron chi connectivity index (χ4n) is 3.51. The highest BCUT2D eigenvalue weighted by molar-refractivity contribution is 7.89. The number of piperazine rings is 1. The average Bonchev–Trinajstić information content (AvgIpc) is 2.72. The van der Waals surface area contributed by atoms with Gasteiger partial charge in [-0.15, -0.1) is 0 Å². The Kier molecular flexibility index (Phi) is 7.16. The van der Waals surface area contributed by atoms with Gasteiger partial charge in [-0.1, -0.05) is 18.2 Å². The van der Waals surface area contributed by atoms with E-state index in [0.717, 1.165) is 44.6 Å². The Bertz CT molecular complexity index is 905. The Labute approximate surface area is 174 Å². The molecule has 0 amide bonds. The van der Waals surface area contributed by atoms with Crippen LogP contribution in [-0.2, 0) is 16.4 Å². The monoisotopic (exact) mass is 417 g/mol. The van der Waals surface area contributed by atoms with Crippen LogP contribution in [0.5, 0.6) is 5.75 Å². The maximum Gasteiger partial charge on any atom is 0.244 e. The number of benzene rings is 2. The standard InChI is InChI=1S/C22H31N3O3S/c1-18-6-11-21(28-3)22(17-18)29(26,27)23-12-4-5-19-7-9-20(10-8-19)25-15-13-24(2)14-16-25/h6-11,17,23H,4-5,12-16H2,1-3H3. The Morgan fingerprint density at radius 1 is 1.03 bits per heavy atom. The topological polar surface area (TPSA) is 61.9 Å². The van der Waals surface area contributed by atoms with E-state index in [1.54, 1.807) is 12.1 Å². The zero-order valence-electron chi connectivity index (χ0n) is 17.5. The summed E-state index contributed by atoms with van der Waals surface area (Å²) in [6, 6.07) is 13.8. The van der Waals surface area contributed by atoms with Crippen molar-refractivity contribution in [2.75, 3.05) is 51.8 Å². The minimum atomic E-state index is -3.59. The van der Waals surface area contributed by atoms with Gasteiger partial charge in [-0.2, -0.15) is 0 Å². The number of hydrogen-bond acceptors (Lipinski definition) is 5. The molecule has 1 N–H and O–H groups in total. The Balaban J connectivity index is 1.51. The van der Waals surface area contributed by atoms with Crippen LogP contribution in [0.2, 0.25) is 0 Å². The van der Waals surface area contributed by atoms with Crippen molar-refractivity contribution >= 4 is 15.7 Å². The van der Waals surface area contributed by atoms with Crippen molar-refractivity contribution in [1.29, 1.82) is 0 Å². The molecule has 0 radical (unpaired) electrons. The van der Waals surface area contributed by atoms with Crippen LogP contribution in [0.15, 0.2) is 47.4 Å². The van der Waals surface area contributed by atoms with Gasteiger partial charge in [0.25, 0.3) is 0 Å². The summed E-state index contributed by atoms with van der Waals surface area (Å²) >= 11 is 0. The Morgan fingerprint density at radius 3 is 2.38 bits per heavy atom. The number of anilines is 1. The van der Waals surface area contributed by atoms with Gasteiger partial charge in [-0.3, -0.25) is 0 Å². The molecule has 1 saturated heterocycles. The molecule has 0 aromatic heterocycles. The minimum Gasteiger partial charge on any atom is -0.495 e. The van der Waals surface area contributed by atoms with Crippen molar-refractivity contribution in [3.05, 3.63) is 53.6 Å². The van der Waals surface area contributed by atoms with Crippen LogP contribution < -0.4 is 14.4 Å². The smallest absolute Gasteiger partial charge is 0.244 e. The number of hydrogen-bond donors (Lipinski definition) is 1. The summed E-state index contributed by atoms with van der Waals surface area (Å²) in [5.74, 6) is 0.364. The zero-order valence-corrected chi connectivity index (χ0v) is 18.3. The Hall–Kier alpha value is -2.09. The van der Waals surface area contributed by atoms with E-state index in [2.05, 4.69) is 45.8 Å². The number of ether oxygens (including phenoxy) is 1. The first-order valence-corrected chi connectivity index (χ1v) is 11.5.